The van der Waals surface area contributed by atoms with Crippen LogP contribution in [0.3, 0.4) is 0 Å². The summed E-state index contributed by atoms with van der Waals surface area (Å²) in [4.78, 5) is 0. The van der Waals surface area contributed by atoms with Crippen molar-refractivity contribution in [1.82, 2.24) is 0 Å². The Morgan fingerprint density at radius 2 is 0.923 bits per heavy atom. The van der Waals surface area contributed by atoms with Crippen molar-refractivity contribution in [2.24, 2.45) is 0 Å². The molecule has 0 saturated carbocycles. The van der Waals surface area contributed by atoms with Crippen LogP contribution in [0.2, 0.25) is 0 Å². The van der Waals surface area contributed by atoms with Gasteiger partial charge < -0.3 is 0 Å². The Morgan fingerprint density at radius 3 is 0.923 bits per heavy atom. The molecule has 0 heteroatoms. The van der Waals surface area contributed by atoms with Crippen LogP contribution < -0.4 is 0 Å². The molecule has 0 nitrogen and oxygen atoms in total. The molecule has 0 atom stereocenters. The molecule has 0 fully saturated rings. The fraction of sp³-hybridized carbons (Fsp3) is 0.692. The highest BCUT2D eigenvalue weighted by Crippen LogP contribution is 1.66. The van der Waals surface area contributed by atoms with Gasteiger partial charge >= 0.3 is 0 Å². The second kappa shape index (κ2) is 205. The molecule has 0 heterocycles. The number of rotatable bonds is 1. The molecule has 0 aliphatic heterocycles. The van der Waals surface area contributed by atoms with Gasteiger partial charge in [-0.15, -0.1) is 13.2 Å². The maximum Gasteiger partial charge on any atom is -0.0382 e. The average molecular weight is 188 g/mol. The molecule has 0 aromatic carbocycles. The van der Waals surface area contributed by atoms with Gasteiger partial charge in [-0.1, -0.05) is 60.6 Å². The molecule has 0 aliphatic carbocycles. The first-order valence-electron chi connectivity index (χ1n) is 5.51. The minimum absolute atomic E-state index is 1.08. The summed E-state index contributed by atoms with van der Waals surface area (Å²) in [5, 5.41) is 0. The van der Waals surface area contributed by atoms with Crippen LogP contribution in [0.15, 0.2) is 25.3 Å². The largest absolute Gasteiger partial charge is 0.103 e. The lowest BCUT2D eigenvalue weighted by atomic mass is 10.5. The minimum Gasteiger partial charge on any atom is -0.103 e. The van der Waals surface area contributed by atoms with Crippen LogP contribution in [0.25, 0.3) is 0 Å². The first-order valence-corrected chi connectivity index (χ1v) is 5.51. The van der Waals surface area contributed by atoms with Gasteiger partial charge in [-0.2, -0.15) is 0 Å². The number of hydrogen-bond donors (Lipinski definition) is 0. The number of hydrogen-bond acceptors (Lipinski definition) is 0. The highest BCUT2D eigenvalue weighted by atomic mass is 13.5. The monoisotopic (exact) mass is 188 g/mol. The molecule has 0 amide bonds. The van der Waals surface area contributed by atoms with E-state index in [1.807, 2.05) is 54.5 Å². The van der Waals surface area contributed by atoms with Crippen LogP contribution >= 0.6 is 0 Å². The summed E-state index contributed by atoms with van der Waals surface area (Å²) in [6.45, 7) is 22.8. The quantitative estimate of drug-likeness (QED) is 0.453. The molecule has 0 radical (unpaired) electrons. The first-order chi connectivity index (χ1) is 6.33. The van der Waals surface area contributed by atoms with E-state index in [-0.39, 0.29) is 0 Å². The third kappa shape index (κ3) is 4480. The zero-order valence-electron chi connectivity index (χ0n) is 11.3. The lowest BCUT2D eigenvalue weighted by molar-refractivity contribution is 1.23. The van der Waals surface area contributed by atoms with E-state index in [9.17, 15) is 0 Å². The van der Waals surface area contributed by atoms with Crippen molar-refractivity contribution < 1.29 is 0 Å². The number of allylic oxidation sites excluding steroid dienone is 2. The van der Waals surface area contributed by atoms with Crippen molar-refractivity contribution in [1.29, 1.82) is 0 Å². The maximum atomic E-state index is 3.48. The highest BCUT2D eigenvalue weighted by molar-refractivity contribution is 4.60. The molecule has 84 valence electrons. The normalized spacial score (nSPS) is 4.31. The molecule has 0 aromatic rings. The lowest BCUT2D eigenvalue weighted by Crippen LogP contribution is -1.36. The van der Waals surface area contributed by atoms with Gasteiger partial charge in [0.2, 0.25) is 0 Å². The highest BCUT2D eigenvalue weighted by Gasteiger charge is 1.45. The van der Waals surface area contributed by atoms with Gasteiger partial charge in [0.15, 0.2) is 0 Å². The molecule has 13 heavy (non-hydrogen) atoms. The zero-order chi connectivity index (χ0) is 12.1. The van der Waals surface area contributed by atoms with Crippen LogP contribution in [0.1, 0.15) is 61.8 Å². The minimum atomic E-state index is 1.08. The van der Waals surface area contributed by atoms with Crippen molar-refractivity contribution in [3.63, 3.8) is 0 Å². The van der Waals surface area contributed by atoms with E-state index in [1.54, 1.807) is 6.08 Å². The Hall–Kier alpha value is -0.520. The van der Waals surface area contributed by atoms with Crippen LogP contribution in [0, 0.1) is 0 Å². The van der Waals surface area contributed by atoms with Crippen LogP contribution in [0.5, 0.6) is 0 Å². The van der Waals surface area contributed by atoms with Gasteiger partial charge in [-0.25, -0.2) is 0 Å². The second-order valence-corrected chi connectivity index (χ2v) is 1.11. The van der Waals surface area contributed by atoms with Crippen molar-refractivity contribution in [2.45, 2.75) is 61.8 Å². The first kappa shape index (κ1) is 29.4. The van der Waals surface area contributed by atoms with E-state index in [2.05, 4.69) is 20.1 Å². The fourth-order valence-electron chi connectivity index (χ4n) is 0. The average Bonchev–Trinajstić information content (AvgIpc) is 2.27. The SMILES string of the molecule is C=CC.C=CCC.CC.CC.CC. The molecule has 0 unspecified atom stereocenters. The van der Waals surface area contributed by atoms with Crippen molar-refractivity contribution >= 4 is 0 Å². The Morgan fingerprint density at radius 1 is 0.846 bits per heavy atom. The van der Waals surface area contributed by atoms with Crippen LogP contribution in [-0.2, 0) is 0 Å². The zero-order valence-corrected chi connectivity index (χ0v) is 11.3. The van der Waals surface area contributed by atoms with Gasteiger partial charge in [0, 0.05) is 0 Å². The van der Waals surface area contributed by atoms with Gasteiger partial charge in [0.1, 0.15) is 0 Å². The molecule has 0 rings (SSSR count). The smallest absolute Gasteiger partial charge is 0.0382 e. The van der Waals surface area contributed by atoms with E-state index in [0.29, 0.717) is 0 Å². The Bertz CT molecular complexity index is 35.3. The topological polar surface area (TPSA) is 0 Å². The predicted molar refractivity (Wildman–Crippen MR) is 70.4 cm³/mol. The summed E-state index contributed by atoms with van der Waals surface area (Å²) in [5.41, 5.74) is 0. The summed E-state index contributed by atoms with van der Waals surface area (Å²) in [7, 11) is 0. The van der Waals surface area contributed by atoms with E-state index in [1.165, 1.54) is 0 Å². The van der Waals surface area contributed by atoms with E-state index in [4.69, 9.17) is 0 Å². The fourth-order valence-corrected chi connectivity index (χ4v) is 0. The van der Waals surface area contributed by atoms with Gasteiger partial charge in [-0.3, -0.25) is 0 Å². The molecule has 0 saturated heterocycles. The molecular formula is C13H32. The Balaban J connectivity index is -0.0000000215. The summed E-state index contributed by atoms with van der Waals surface area (Å²) in [6.07, 6.45) is 4.71. The van der Waals surface area contributed by atoms with Gasteiger partial charge in [-0.05, 0) is 13.3 Å². The summed E-state index contributed by atoms with van der Waals surface area (Å²) in [5.74, 6) is 0. The van der Waals surface area contributed by atoms with Gasteiger partial charge in [0.25, 0.3) is 0 Å². The summed E-state index contributed by atoms with van der Waals surface area (Å²) < 4.78 is 0. The molecule has 0 spiro atoms. The molecule has 0 aliphatic rings. The maximum absolute atomic E-state index is 3.48. The van der Waals surface area contributed by atoms with Crippen molar-refractivity contribution in [3.05, 3.63) is 25.3 Å². The molecule has 0 aromatic heterocycles. The molecular weight excluding hydrogens is 156 g/mol. The van der Waals surface area contributed by atoms with Crippen molar-refractivity contribution in [3.8, 4) is 0 Å². The molecule has 0 bridgehead atoms. The van der Waals surface area contributed by atoms with E-state index >= 15 is 0 Å². The standard InChI is InChI=1S/C4H8.C3H6.3C2H6/c1-3-4-2;1-3-2;3*1-2/h3H,1,4H2,2H3;3H,1H2,2H3;3*1-2H3. The molecule has 0 N–H and O–H groups in total. The third-order valence-electron chi connectivity index (χ3n) is 0.289. The summed E-state index contributed by atoms with van der Waals surface area (Å²) >= 11 is 0. The Kier molecular flexibility index (Phi) is 464. The second-order valence-electron chi connectivity index (χ2n) is 1.11. The predicted octanol–water partition coefficient (Wildman–Crippen LogP) is 5.85. The summed E-state index contributed by atoms with van der Waals surface area (Å²) in [6, 6.07) is 0. The van der Waals surface area contributed by atoms with Gasteiger partial charge in [0.05, 0.1) is 0 Å². The Labute approximate surface area is 87.8 Å². The van der Waals surface area contributed by atoms with Crippen LogP contribution in [-0.4, -0.2) is 0 Å². The van der Waals surface area contributed by atoms with Crippen LogP contribution in [0.4, 0.5) is 0 Å². The van der Waals surface area contributed by atoms with E-state index < -0.39 is 0 Å². The third-order valence-corrected chi connectivity index (χ3v) is 0.289. The van der Waals surface area contributed by atoms with Crippen molar-refractivity contribution in [2.75, 3.05) is 0 Å². The van der Waals surface area contributed by atoms with E-state index in [0.717, 1.165) is 6.42 Å². The lowest BCUT2D eigenvalue weighted by Gasteiger charge is -1.57.